The third kappa shape index (κ3) is 4.26. The van der Waals surface area contributed by atoms with Gasteiger partial charge >= 0.3 is 0 Å². The molecule has 10 nitrogen and oxygen atoms in total. The van der Waals surface area contributed by atoms with Gasteiger partial charge in [-0.25, -0.2) is 8.42 Å². The maximum atomic E-state index is 13.0. The fourth-order valence-electron chi connectivity index (χ4n) is 4.51. The predicted octanol–water partition coefficient (Wildman–Crippen LogP) is -0.133. The van der Waals surface area contributed by atoms with Crippen molar-refractivity contribution >= 4 is 21.7 Å². The molecule has 0 aromatic heterocycles. The third-order valence-corrected chi connectivity index (χ3v) is 8.05. The zero-order valence-corrected chi connectivity index (χ0v) is 18.5. The lowest BCUT2D eigenvalue weighted by atomic mass is 10.1. The Bertz CT molecular complexity index is 1060. The van der Waals surface area contributed by atoms with Crippen LogP contribution >= 0.6 is 0 Å². The first-order chi connectivity index (χ1) is 15.4. The monoisotopic (exact) mass is 462 g/mol. The zero-order chi connectivity index (χ0) is 22.3. The Kier molecular flexibility index (Phi) is 5.46. The molecule has 1 aromatic rings. The highest BCUT2D eigenvalue weighted by atomic mass is 32.2. The summed E-state index contributed by atoms with van der Waals surface area (Å²) in [6.07, 6.45) is 2.08. The van der Waals surface area contributed by atoms with Crippen LogP contribution in [0, 0.1) is 0 Å². The number of rotatable bonds is 4. The molecule has 1 aromatic carbocycles. The van der Waals surface area contributed by atoms with Crippen LogP contribution in [0.2, 0.25) is 0 Å². The lowest BCUT2D eigenvalue weighted by Gasteiger charge is -2.38. The molecule has 2 fully saturated rings. The molecule has 0 aliphatic carbocycles. The van der Waals surface area contributed by atoms with Gasteiger partial charge in [0.2, 0.25) is 12.7 Å². The molecule has 32 heavy (non-hydrogen) atoms. The van der Waals surface area contributed by atoms with Gasteiger partial charge in [0.05, 0.1) is 17.5 Å². The number of amides is 2. The summed E-state index contributed by atoms with van der Waals surface area (Å²) in [6, 6.07) is 5.51. The van der Waals surface area contributed by atoms with Gasteiger partial charge in [-0.15, -0.1) is 0 Å². The van der Waals surface area contributed by atoms with Crippen molar-refractivity contribution in [1.82, 2.24) is 20.2 Å². The first-order valence-electron chi connectivity index (χ1n) is 10.8. The molecule has 4 heterocycles. The standard InChI is InChI=1S/C21H26N4O6S/c26-20-4-2-17(22-25(20)16-5-10-32(28,29)13-16)21(27)24-8-6-23(7-9-24)12-15-1-3-18-19(11-15)31-14-30-18/h1-3,11,16,22H,4-10,12-14H2/t16-/m1/s1. The fraction of sp³-hybridized carbons (Fsp3) is 0.524. The smallest absolute Gasteiger partial charge is 0.271 e. The highest BCUT2D eigenvalue weighted by molar-refractivity contribution is 7.91. The van der Waals surface area contributed by atoms with Crippen LogP contribution in [-0.2, 0) is 26.0 Å². The van der Waals surface area contributed by atoms with Gasteiger partial charge in [-0.05, 0) is 30.2 Å². The first kappa shape index (κ1) is 21.1. The van der Waals surface area contributed by atoms with Crippen LogP contribution in [0.5, 0.6) is 11.5 Å². The number of hydrogen-bond donors (Lipinski definition) is 1. The fourth-order valence-corrected chi connectivity index (χ4v) is 6.21. The Hall–Kier alpha value is -2.79. The van der Waals surface area contributed by atoms with Gasteiger partial charge < -0.3 is 14.4 Å². The van der Waals surface area contributed by atoms with Gasteiger partial charge in [0.25, 0.3) is 5.91 Å². The van der Waals surface area contributed by atoms with Crippen molar-refractivity contribution in [3.8, 4) is 11.5 Å². The molecule has 172 valence electrons. The number of hydrogen-bond acceptors (Lipinski definition) is 8. The van der Waals surface area contributed by atoms with Crippen molar-refractivity contribution in [3.63, 3.8) is 0 Å². The lowest BCUT2D eigenvalue weighted by Crippen LogP contribution is -2.56. The highest BCUT2D eigenvalue weighted by Gasteiger charge is 2.37. The number of fused-ring (bicyclic) bond motifs is 1. The van der Waals surface area contributed by atoms with Crippen LogP contribution < -0.4 is 14.9 Å². The van der Waals surface area contributed by atoms with E-state index < -0.39 is 15.9 Å². The van der Waals surface area contributed by atoms with E-state index in [1.165, 1.54) is 5.01 Å². The van der Waals surface area contributed by atoms with Gasteiger partial charge in [-0.3, -0.25) is 24.9 Å². The average molecular weight is 463 g/mol. The number of nitrogens with zero attached hydrogens (tertiary/aromatic N) is 3. The summed E-state index contributed by atoms with van der Waals surface area (Å²) < 4.78 is 34.4. The Morgan fingerprint density at radius 2 is 1.91 bits per heavy atom. The molecule has 1 atom stereocenters. The summed E-state index contributed by atoms with van der Waals surface area (Å²) in [5.41, 5.74) is 4.38. The lowest BCUT2D eigenvalue weighted by molar-refractivity contribution is -0.138. The number of nitrogens with one attached hydrogen (secondary N) is 1. The Labute approximate surface area is 186 Å². The minimum absolute atomic E-state index is 0.0637. The minimum Gasteiger partial charge on any atom is -0.454 e. The number of piperazine rings is 1. The normalized spacial score (nSPS) is 24.9. The van der Waals surface area contributed by atoms with Crippen molar-refractivity contribution in [2.75, 3.05) is 44.5 Å². The van der Waals surface area contributed by atoms with Crippen LogP contribution in [0.1, 0.15) is 18.4 Å². The summed E-state index contributed by atoms with van der Waals surface area (Å²) >= 11 is 0. The van der Waals surface area contributed by atoms with Crippen LogP contribution in [0.3, 0.4) is 0 Å². The number of sulfone groups is 1. The molecule has 11 heteroatoms. The van der Waals surface area contributed by atoms with E-state index in [2.05, 4.69) is 10.3 Å². The summed E-state index contributed by atoms with van der Waals surface area (Å²) in [4.78, 5) is 29.4. The van der Waals surface area contributed by atoms with Crippen molar-refractivity contribution in [2.24, 2.45) is 0 Å². The second-order valence-electron chi connectivity index (χ2n) is 8.51. The van der Waals surface area contributed by atoms with E-state index in [-0.39, 0.29) is 36.5 Å². The molecule has 4 aliphatic rings. The number of carbonyl (C=O) groups is 2. The number of benzene rings is 1. The van der Waals surface area contributed by atoms with Crippen molar-refractivity contribution < 1.29 is 27.5 Å². The summed E-state index contributed by atoms with van der Waals surface area (Å²) in [5.74, 6) is 1.16. The van der Waals surface area contributed by atoms with Crippen LogP contribution in [-0.4, -0.2) is 85.6 Å². The van der Waals surface area contributed by atoms with Gasteiger partial charge in [0.1, 0.15) is 5.70 Å². The van der Waals surface area contributed by atoms with Gasteiger partial charge in [0.15, 0.2) is 21.3 Å². The molecule has 2 saturated heterocycles. The second-order valence-corrected chi connectivity index (χ2v) is 10.7. The van der Waals surface area contributed by atoms with Crippen molar-refractivity contribution in [2.45, 2.75) is 25.4 Å². The number of ether oxygens (including phenoxy) is 2. The molecule has 2 amide bonds. The van der Waals surface area contributed by atoms with Gasteiger partial charge in [0, 0.05) is 39.1 Å². The average Bonchev–Trinajstić information content (AvgIpc) is 3.39. The van der Waals surface area contributed by atoms with E-state index in [9.17, 15) is 18.0 Å². The van der Waals surface area contributed by atoms with E-state index in [1.807, 2.05) is 18.2 Å². The quantitative estimate of drug-likeness (QED) is 0.659. The maximum Gasteiger partial charge on any atom is 0.271 e. The molecule has 0 bridgehead atoms. The summed E-state index contributed by atoms with van der Waals surface area (Å²) in [5, 5.41) is 1.34. The van der Waals surface area contributed by atoms with E-state index in [0.29, 0.717) is 25.2 Å². The predicted molar refractivity (Wildman–Crippen MR) is 114 cm³/mol. The second kappa shape index (κ2) is 8.28. The van der Waals surface area contributed by atoms with E-state index in [4.69, 9.17) is 9.47 Å². The summed E-state index contributed by atoms with van der Waals surface area (Å²) in [7, 11) is -3.13. The van der Waals surface area contributed by atoms with Gasteiger partial charge in [-0.2, -0.15) is 0 Å². The molecule has 0 spiro atoms. The molecule has 5 rings (SSSR count). The molecule has 0 unspecified atom stereocenters. The molecular weight excluding hydrogens is 436 g/mol. The molecular formula is C21H26N4O6S. The first-order valence-corrected chi connectivity index (χ1v) is 12.6. The zero-order valence-electron chi connectivity index (χ0n) is 17.7. The minimum atomic E-state index is -3.13. The molecule has 4 aliphatic heterocycles. The van der Waals surface area contributed by atoms with E-state index in [0.717, 1.165) is 36.7 Å². The maximum absolute atomic E-state index is 13.0. The van der Waals surface area contributed by atoms with Crippen LogP contribution in [0.4, 0.5) is 0 Å². The van der Waals surface area contributed by atoms with Crippen LogP contribution in [0.15, 0.2) is 30.0 Å². The Morgan fingerprint density at radius 3 is 2.66 bits per heavy atom. The Morgan fingerprint density at radius 1 is 1.12 bits per heavy atom. The SMILES string of the molecule is O=C(C1=CCC(=O)N([C@@H]2CCS(=O)(=O)C2)N1)N1CCN(Cc2ccc3c(c2)OCO3)CC1. The van der Waals surface area contributed by atoms with Crippen molar-refractivity contribution in [1.29, 1.82) is 0 Å². The highest BCUT2D eigenvalue weighted by Crippen LogP contribution is 2.33. The van der Waals surface area contributed by atoms with E-state index in [1.54, 1.807) is 11.0 Å². The Balaban J connectivity index is 1.16. The molecule has 0 radical (unpaired) electrons. The van der Waals surface area contributed by atoms with Gasteiger partial charge in [-0.1, -0.05) is 6.07 Å². The topological polar surface area (TPSA) is 108 Å². The number of hydrazine groups is 1. The van der Waals surface area contributed by atoms with Crippen LogP contribution in [0.25, 0.3) is 0 Å². The van der Waals surface area contributed by atoms with E-state index >= 15 is 0 Å². The molecule has 1 N–H and O–H groups in total. The largest absolute Gasteiger partial charge is 0.454 e. The number of carbonyl (C=O) groups excluding carboxylic acids is 2. The van der Waals surface area contributed by atoms with Crippen molar-refractivity contribution in [3.05, 3.63) is 35.5 Å². The summed E-state index contributed by atoms with van der Waals surface area (Å²) in [6.45, 7) is 3.64. The third-order valence-electron chi connectivity index (χ3n) is 6.30. The molecule has 0 saturated carbocycles.